The Hall–Kier alpha value is -3.48. The molecule has 0 unspecified atom stereocenters. The van der Waals surface area contributed by atoms with Crippen LogP contribution in [0.15, 0.2) is 71.0 Å². The molecule has 0 aliphatic carbocycles. The number of nitro groups is 1. The monoisotopic (exact) mass is 308 g/mol. The summed E-state index contributed by atoms with van der Waals surface area (Å²) in [5.41, 5.74) is 1.36. The van der Waals surface area contributed by atoms with E-state index in [1.165, 1.54) is 24.5 Å². The molecule has 0 aliphatic rings. The third-order valence-corrected chi connectivity index (χ3v) is 3.28. The molecule has 23 heavy (non-hydrogen) atoms. The second-order valence-electron chi connectivity index (χ2n) is 4.76. The molecule has 7 heteroatoms. The molecule has 0 bridgehead atoms. The molecule has 7 nitrogen and oxygen atoms in total. The molecular weight excluding hydrogens is 296 g/mol. The molecule has 0 radical (unpaired) electrons. The molecule has 1 N–H and O–H groups in total. The molecule has 0 saturated heterocycles. The van der Waals surface area contributed by atoms with E-state index in [0.717, 1.165) is 10.1 Å². The zero-order valence-electron chi connectivity index (χ0n) is 11.9. The third kappa shape index (κ3) is 3.08. The zero-order valence-corrected chi connectivity index (χ0v) is 11.9. The van der Waals surface area contributed by atoms with Gasteiger partial charge in [0.2, 0.25) is 0 Å². The number of nitrogens with zero attached hydrogens (tertiary/aromatic N) is 4. The highest BCUT2D eigenvalue weighted by molar-refractivity contribution is 5.80. The standard InChI is InChI=1S/C16H12N4O3/c21-19-10-9-15(14-3-1-2-4-16(14)19)18-17-11-12-5-7-13(8-6-12)20(22)23/h1-11,21H/b17-11?,18-15+. The quantitative estimate of drug-likeness (QED) is 0.349. The summed E-state index contributed by atoms with van der Waals surface area (Å²) in [6.07, 6.45) is 3.00. The number of rotatable bonds is 3. The summed E-state index contributed by atoms with van der Waals surface area (Å²) in [6.45, 7) is 0. The lowest BCUT2D eigenvalue weighted by Gasteiger charge is -2.02. The van der Waals surface area contributed by atoms with Crippen molar-refractivity contribution >= 4 is 22.8 Å². The minimum atomic E-state index is -0.453. The Bertz CT molecular complexity index is 959. The summed E-state index contributed by atoms with van der Waals surface area (Å²) in [6, 6.07) is 14.9. The second-order valence-corrected chi connectivity index (χ2v) is 4.76. The predicted octanol–water partition coefficient (Wildman–Crippen LogP) is 2.72. The van der Waals surface area contributed by atoms with Gasteiger partial charge in [-0.1, -0.05) is 18.2 Å². The van der Waals surface area contributed by atoms with Crippen molar-refractivity contribution in [1.29, 1.82) is 0 Å². The number of para-hydroxylation sites is 1. The first-order valence-electron chi connectivity index (χ1n) is 6.76. The molecule has 2 aromatic carbocycles. The lowest BCUT2D eigenvalue weighted by molar-refractivity contribution is -0.384. The van der Waals surface area contributed by atoms with E-state index in [9.17, 15) is 15.3 Å². The summed E-state index contributed by atoms with van der Waals surface area (Å²) >= 11 is 0. The summed E-state index contributed by atoms with van der Waals surface area (Å²) in [4.78, 5) is 10.1. The summed E-state index contributed by atoms with van der Waals surface area (Å²) < 4.78 is 1.02. The van der Waals surface area contributed by atoms with Crippen LogP contribution in [0.1, 0.15) is 5.56 Å². The second kappa shape index (κ2) is 6.10. The van der Waals surface area contributed by atoms with Crippen molar-refractivity contribution in [3.05, 3.63) is 81.8 Å². The van der Waals surface area contributed by atoms with Crippen molar-refractivity contribution in [2.45, 2.75) is 0 Å². The molecule has 3 rings (SSSR count). The average molecular weight is 308 g/mol. The van der Waals surface area contributed by atoms with E-state index in [1.54, 1.807) is 24.3 Å². The number of nitro benzene ring substituents is 1. The van der Waals surface area contributed by atoms with E-state index < -0.39 is 4.92 Å². The van der Waals surface area contributed by atoms with Crippen molar-refractivity contribution in [2.75, 3.05) is 0 Å². The lowest BCUT2D eigenvalue weighted by Crippen LogP contribution is -2.07. The van der Waals surface area contributed by atoms with Crippen molar-refractivity contribution in [2.24, 2.45) is 10.2 Å². The van der Waals surface area contributed by atoms with E-state index in [2.05, 4.69) is 10.2 Å². The molecular formula is C16H12N4O3. The van der Waals surface area contributed by atoms with Gasteiger partial charge >= 0.3 is 0 Å². The Morgan fingerprint density at radius 3 is 2.57 bits per heavy atom. The number of benzene rings is 2. The van der Waals surface area contributed by atoms with Crippen LogP contribution in [0.2, 0.25) is 0 Å². The van der Waals surface area contributed by atoms with Crippen LogP contribution in [0, 0.1) is 10.1 Å². The van der Waals surface area contributed by atoms with Gasteiger partial charge in [-0.05, 0) is 29.8 Å². The highest BCUT2D eigenvalue weighted by Gasteiger charge is 2.02. The van der Waals surface area contributed by atoms with Crippen LogP contribution < -0.4 is 5.36 Å². The Kier molecular flexibility index (Phi) is 3.84. The summed E-state index contributed by atoms with van der Waals surface area (Å²) in [7, 11) is 0. The molecule has 0 saturated carbocycles. The van der Waals surface area contributed by atoms with Crippen LogP contribution in [-0.4, -0.2) is 21.1 Å². The van der Waals surface area contributed by atoms with Gasteiger partial charge in [-0.3, -0.25) is 10.1 Å². The Balaban J connectivity index is 1.94. The number of non-ortho nitro benzene ring substituents is 1. The highest BCUT2D eigenvalue weighted by atomic mass is 16.6. The normalized spacial score (nSPS) is 12.1. The van der Waals surface area contributed by atoms with Gasteiger partial charge < -0.3 is 5.21 Å². The molecule has 1 heterocycles. The molecule has 0 fully saturated rings. The number of aromatic nitrogens is 1. The fraction of sp³-hybridized carbons (Fsp3) is 0. The molecule has 1 aromatic heterocycles. The Labute approximate surface area is 130 Å². The highest BCUT2D eigenvalue weighted by Crippen LogP contribution is 2.10. The van der Waals surface area contributed by atoms with Crippen molar-refractivity contribution in [1.82, 2.24) is 4.73 Å². The van der Waals surface area contributed by atoms with Crippen molar-refractivity contribution in [3.63, 3.8) is 0 Å². The number of fused-ring (bicyclic) bond motifs is 1. The minimum absolute atomic E-state index is 0.0284. The van der Waals surface area contributed by atoms with Gasteiger partial charge in [0.1, 0.15) is 0 Å². The first kappa shape index (κ1) is 14.5. The van der Waals surface area contributed by atoms with Gasteiger partial charge in [-0.2, -0.15) is 14.9 Å². The van der Waals surface area contributed by atoms with Crippen LogP contribution in [-0.2, 0) is 0 Å². The molecule has 114 valence electrons. The van der Waals surface area contributed by atoms with Crippen LogP contribution in [0.5, 0.6) is 0 Å². The van der Waals surface area contributed by atoms with Gasteiger partial charge in [-0.25, -0.2) is 0 Å². The van der Waals surface area contributed by atoms with Crippen LogP contribution in [0.3, 0.4) is 0 Å². The van der Waals surface area contributed by atoms with Gasteiger partial charge in [0.15, 0.2) is 0 Å². The van der Waals surface area contributed by atoms with Crippen molar-refractivity contribution in [3.8, 4) is 0 Å². The maximum Gasteiger partial charge on any atom is 0.269 e. The fourth-order valence-electron chi connectivity index (χ4n) is 2.13. The first-order valence-corrected chi connectivity index (χ1v) is 6.76. The maximum atomic E-state index is 10.6. The molecule has 0 aliphatic heterocycles. The number of hydrogen-bond donors (Lipinski definition) is 1. The third-order valence-electron chi connectivity index (χ3n) is 3.28. The fourth-order valence-corrected chi connectivity index (χ4v) is 2.13. The number of hydrogen-bond acceptors (Lipinski definition) is 5. The van der Waals surface area contributed by atoms with E-state index >= 15 is 0 Å². The van der Waals surface area contributed by atoms with E-state index in [0.29, 0.717) is 16.4 Å². The molecule has 3 aromatic rings. The van der Waals surface area contributed by atoms with E-state index in [-0.39, 0.29) is 5.69 Å². The number of pyridine rings is 1. The van der Waals surface area contributed by atoms with Gasteiger partial charge in [-0.15, -0.1) is 0 Å². The smallest absolute Gasteiger partial charge is 0.269 e. The molecule has 0 amide bonds. The molecule has 0 spiro atoms. The summed E-state index contributed by atoms with van der Waals surface area (Å²) in [5.74, 6) is 0. The van der Waals surface area contributed by atoms with Gasteiger partial charge in [0.05, 0.1) is 22.0 Å². The average Bonchev–Trinajstić information content (AvgIpc) is 2.58. The zero-order chi connectivity index (χ0) is 16.2. The van der Waals surface area contributed by atoms with E-state index in [1.807, 2.05) is 18.2 Å². The summed E-state index contributed by atoms with van der Waals surface area (Å²) in [5, 5.41) is 29.9. The van der Waals surface area contributed by atoms with E-state index in [4.69, 9.17) is 0 Å². The minimum Gasteiger partial charge on any atom is -0.428 e. The van der Waals surface area contributed by atoms with Crippen LogP contribution in [0.4, 0.5) is 5.69 Å². The van der Waals surface area contributed by atoms with Gasteiger partial charge in [0, 0.05) is 23.7 Å². The van der Waals surface area contributed by atoms with Crippen LogP contribution in [0.25, 0.3) is 10.9 Å². The van der Waals surface area contributed by atoms with Gasteiger partial charge in [0.25, 0.3) is 5.69 Å². The topological polar surface area (TPSA) is 93.0 Å². The van der Waals surface area contributed by atoms with Crippen LogP contribution >= 0.6 is 0 Å². The molecule has 0 atom stereocenters. The Morgan fingerprint density at radius 1 is 1.09 bits per heavy atom. The lowest BCUT2D eigenvalue weighted by atomic mass is 10.2. The SMILES string of the molecule is O=[N+]([O-])c1ccc(C=N/N=c2\ccn(O)c3ccccc23)cc1. The maximum absolute atomic E-state index is 10.6. The first-order chi connectivity index (χ1) is 11.1. The van der Waals surface area contributed by atoms with Crippen molar-refractivity contribution < 1.29 is 10.1 Å². The largest absolute Gasteiger partial charge is 0.428 e. The Morgan fingerprint density at radius 2 is 1.83 bits per heavy atom. The predicted molar refractivity (Wildman–Crippen MR) is 85.4 cm³/mol.